The van der Waals surface area contributed by atoms with Crippen LogP contribution in [0.3, 0.4) is 0 Å². The molecule has 1 N–H and O–H groups in total. The van der Waals surface area contributed by atoms with E-state index in [2.05, 4.69) is 5.32 Å². The number of hydrogen-bond donors (Lipinski definition) is 1. The van der Waals surface area contributed by atoms with E-state index in [1.54, 1.807) is 11.9 Å². The second-order valence-electron chi connectivity index (χ2n) is 5.70. The van der Waals surface area contributed by atoms with Crippen molar-refractivity contribution in [3.05, 3.63) is 35.9 Å². The van der Waals surface area contributed by atoms with Gasteiger partial charge < -0.3 is 10.2 Å². The minimum atomic E-state index is -0.487. The van der Waals surface area contributed by atoms with Gasteiger partial charge >= 0.3 is 11.8 Å². The highest BCUT2D eigenvalue weighted by Gasteiger charge is 2.26. The molecule has 4 heteroatoms. The molecule has 1 aliphatic rings. The lowest BCUT2D eigenvalue weighted by atomic mass is 9.94. The molecule has 0 bridgehead atoms. The fourth-order valence-corrected chi connectivity index (χ4v) is 2.83. The van der Waals surface area contributed by atoms with Crippen LogP contribution in [0, 0.1) is 0 Å². The molecule has 1 aliphatic carbocycles. The summed E-state index contributed by atoms with van der Waals surface area (Å²) in [4.78, 5) is 25.6. The lowest BCUT2D eigenvalue weighted by molar-refractivity contribution is -0.146. The normalized spacial score (nSPS) is 15.5. The van der Waals surface area contributed by atoms with Crippen LogP contribution in [0.1, 0.15) is 37.7 Å². The molecule has 2 rings (SSSR count). The Balaban J connectivity index is 1.75. The molecule has 0 unspecified atom stereocenters. The van der Waals surface area contributed by atoms with Crippen LogP contribution in [0.2, 0.25) is 0 Å². The van der Waals surface area contributed by atoms with Crippen molar-refractivity contribution in [2.75, 3.05) is 13.6 Å². The van der Waals surface area contributed by atoms with E-state index in [1.165, 1.54) is 6.42 Å². The lowest BCUT2D eigenvalue weighted by Crippen LogP contribution is -2.46. The summed E-state index contributed by atoms with van der Waals surface area (Å²) in [6.45, 7) is 0.493. The Morgan fingerprint density at radius 1 is 1.14 bits per heavy atom. The summed E-state index contributed by atoms with van der Waals surface area (Å²) in [6, 6.07) is 10.2. The molecule has 0 aliphatic heterocycles. The molecule has 0 spiro atoms. The minimum absolute atomic E-state index is 0.228. The standard InChI is InChI=1S/C17H24N2O2/c1-19(15-10-6-3-7-11-15)17(21)16(20)18-13-12-14-8-4-2-5-9-14/h2,4-5,8-9,15H,3,6-7,10-13H2,1H3,(H,18,20). The highest BCUT2D eigenvalue weighted by atomic mass is 16.2. The Hall–Kier alpha value is -1.84. The van der Waals surface area contributed by atoms with Gasteiger partial charge in [-0.2, -0.15) is 0 Å². The van der Waals surface area contributed by atoms with Gasteiger partial charge in [0.25, 0.3) is 0 Å². The van der Waals surface area contributed by atoms with Crippen LogP contribution in [-0.2, 0) is 16.0 Å². The summed E-state index contributed by atoms with van der Waals surface area (Å²) < 4.78 is 0. The van der Waals surface area contributed by atoms with Crippen LogP contribution in [0.4, 0.5) is 0 Å². The number of nitrogens with zero attached hydrogens (tertiary/aromatic N) is 1. The van der Waals surface area contributed by atoms with Gasteiger partial charge in [0.1, 0.15) is 0 Å². The number of carbonyl (C=O) groups excluding carboxylic acids is 2. The average Bonchev–Trinajstić information content (AvgIpc) is 2.55. The van der Waals surface area contributed by atoms with Gasteiger partial charge in [-0.05, 0) is 24.8 Å². The Morgan fingerprint density at radius 3 is 2.48 bits per heavy atom. The zero-order valence-corrected chi connectivity index (χ0v) is 12.7. The molecular weight excluding hydrogens is 264 g/mol. The topological polar surface area (TPSA) is 49.4 Å². The zero-order valence-electron chi connectivity index (χ0n) is 12.7. The van der Waals surface area contributed by atoms with Crippen molar-refractivity contribution >= 4 is 11.8 Å². The number of rotatable bonds is 4. The number of hydrogen-bond acceptors (Lipinski definition) is 2. The lowest BCUT2D eigenvalue weighted by Gasteiger charge is -2.30. The fourth-order valence-electron chi connectivity index (χ4n) is 2.83. The maximum Gasteiger partial charge on any atom is 0.311 e. The average molecular weight is 288 g/mol. The van der Waals surface area contributed by atoms with Crippen molar-refractivity contribution in [2.45, 2.75) is 44.6 Å². The second-order valence-corrected chi connectivity index (χ2v) is 5.70. The summed E-state index contributed by atoms with van der Waals surface area (Å²) in [7, 11) is 1.75. The molecule has 114 valence electrons. The first kappa shape index (κ1) is 15.5. The number of amides is 2. The third-order valence-electron chi connectivity index (χ3n) is 4.18. The molecule has 2 amide bonds. The molecular formula is C17H24N2O2. The SMILES string of the molecule is CN(C(=O)C(=O)NCCc1ccccc1)C1CCCCC1. The fraction of sp³-hybridized carbons (Fsp3) is 0.529. The van der Waals surface area contributed by atoms with Gasteiger partial charge in [0, 0.05) is 19.6 Å². The second kappa shape index (κ2) is 7.81. The zero-order chi connectivity index (χ0) is 15.1. The Kier molecular flexibility index (Phi) is 5.78. The van der Waals surface area contributed by atoms with E-state index >= 15 is 0 Å². The van der Waals surface area contributed by atoms with E-state index in [-0.39, 0.29) is 6.04 Å². The number of carbonyl (C=O) groups is 2. The van der Waals surface area contributed by atoms with E-state index in [0.29, 0.717) is 6.54 Å². The first-order valence-electron chi connectivity index (χ1n) is 7.77. The predicted molar refractivity (Wildman–Crippen MR) is 82.8 cm³/mol. The van der Waals surface area contributed by atoms with E-state index in [9.17, 15) is 9.59 Å². The van der Waals surface area contributed by atoms with Gasteiger partial charge in [-0.3, -0.25) is 9.59 Å². The molecule has 1 aromatic carbocycles. The van der Waals surface area contributed by atoms with Crippen LogP contribution >= 0.6 is 0 Å². The molecule has 0 heterocycles. The largest absolute Gasteiger partial charge is 0.347 e. The van der Waals surface area contributed by atoms with Crippen LogP contribution in [0.25, 0.3) is 0 Å². The van der Waals surface area contributed by atoms with E-state index in [0.717, 1.165) is 37.7 Å². The number of likely N-dealkylation sites (N-methyl/N-ethyl adjacent to an activating group) is 1. The van der Waals surface area contributed by atoms with Gasteiger partial charge in [0.05, 0.1) is 0 Å². The van der Waals surface area contributed by atoms with Crippen LogP contribution < -0.4 is 5.32 Å². The molecule has 1 saturated carbocycles. The maximum absolute atomic E-state index is 12.1. The molecule has 0 aromatic heterocycles. The Morgan fingerprint density at radius 2 is 1.81 bits per heavy atom. The van der Waals surface area contributed by atoms with Gasteiger partial charge in [0.2, 0.25) is 0 Å². The summed E-state index contributed by atoms with van der Waals surface area (Å²) in [5, 5.41) is 2.72. The van der Waals surface area contributed by atoms with Crippen molar-refractivity contribution in [3.8, 4) is 0 Å². The maximum atomic E-state index is 12.1. The minimum Gasteiger partial charge on any atom is -0.347 e. The molecule has 0 radical (unpaired) electrons. The van der Waals surface area contributed by atoms with Crippen molar-refractivity contribution < 1.29 is 9.59 Å². The van der Waals surface area contributed by atoms with Crippen molar-refractivity contribution in [3.63, 3.8) is 0 Å². The molecule has 21 heavy (non-hydrogen) atoms. The highest BCUT2D eigenvalue weighted by molar-refractivity contribution is 6.35. The van der Waals surface area contributed by atoms with E-state index in [4.69, 9.17) is 0 Å². The van der Waals surface area contributed by atoms with Crippen molar-refractivity contribution in [1.82, 2.24) is 10.2 Å². The molecule has 1 fully saturated rings. The summed E-state index contributed by atoms with van der Waals surface area (Å²) >= 11 is 0. The van der Waals surface area contributed by atoms with Gasteiger partial charge in [0.15, 0.2) is 0 Å². The number of benzene rings is 1. The first-order chi connectivity index (χ1) is 10.2. The predicted octanol–water partition coefficient (Wildman–Crippen LogP) is 2.14. The van der Waals surface area contributed by atoms with Gasteiger partial charge in [-0.25, -0.2) is 0 Å². The van der Waals surface area contributed by atoms with E-state index < -0.39 is 11.8 Å². The highest BCUT2D eigenvalue weighted by Crippen LogP contribution is 2.21. The Labute approximate surface area is 126 Å². The van der Waals surface area contributed by atoms with Crippen LogP contribution in [0.5, 0.6) is 0 Å². The monoisotopic (exact) mass is 288 g/mol. The summed E-state index contributed by atoms with van der Waals surface area (Å²) in [5.41, 5.74) is 1.16. The smallest absolute Gasteiger partial charge is 0.311 e. The van der Waals surface area contributed by atoms with Crippen molar-refractivity contribution in [1.29, 1.82) is 0 Å². The molecule has 0 atom stereocenters. The van der Waals surface area contributed by atoms with Crippen LogP contribution in [-0.4, -0.2) is 36.3 Å². The third-order valence-corrected chi connectivity index (χ3v) is 4.18. The molecule has 1 aromatic rings. The van der Waals surface area contributed by atoms with Gasteiger partial charge in [-0.1, -0.05) is 49.6 Å². The third kappa shape index (κ3) is 4.59. The Bertz CT molecular complexity index is 467. The summed E-state index contributed by atoms with van der Waals surface area (Å²) in [6.07, 6.45) is 6.31. The first-order valence-corrected chi connectivity index (χ1v) is 7.77. The van der Waals surface area contributed by atoms with Crippen LogP contribution in [0.15, 0.2) is 30.3 Å². The molecule has 4 nitrogen and oxygen atoms in total. The number of nitrogens with one attached hydrogen (secondary N) is 1. The summed E-state index contributed by atoms with van der Waals surface area (Å²) in [5.74, 6) is -0.894. The quantitative estimate of drug-likeness (QED) is 0.863. The molecule has 0 saturated heterocycles. The van der Waals surface area contributed by atoms with E-state index in [1.807, 2.05) is 30.3 Å². The van der Waals surface area contributed by atoms with Gasteiger partial charge in [-0.15, -0.1) is 0 Å². The van der Waals surface area contributed by atoms with Crippen molar-refractivity contribution in [2.24, 2.45) is 0 Å².